The van der Waals surface area contributed by atoms with Crippen LogP contribution in [-0.2, 0) is 6.42 Å². The standard InChI is InChI=1S/C15H21N5O/c1-10(2)21-15-19-13(16)18-14(20-15)17-8-7-12-6-4-5-11(3)9-12/h4-6,9-10H,7-8H2,1-3H3,(H3,16,17,18,19,20). The third-order valence-corrected chi connectivity index (χ3v) is 2.75. The topological polar surface area (TPSA) is 86.0 Å². The van der Waals surface area contributed by atoms with Crippen molar-refractivity contribution in [2.24, 2.45) is 0 Å². The van der Waals surface area contributed by atoms with Gasteiger partial charge < -0.3 is 15.8 Å². The fourth-order valence-corrected chi connectivity index (χ4v) is 1.90. The first-order chi connectivity index (χ1) is 10.0. The maximum atomic E-state index is 5.66. The minimum atomic E-state index is -0.00746. The zero-order chi connectivity index (χ0) is 15.2. The number of rotatable bonds is 6. The molecule has 0 atom stereocenters. The molecule has 2 aromatic rings. The van der Waals surface area contributed by atoms with Crippen molar-refractivity contribution >= 4 is 11.9 Å². The van der Waals surface area contributed by atoms with Crippen LogP contribution in [0.1, 0.15) is 25.0 Å². The SMILES string of the molecule is Cc1cccc(CCNc2nc(N)nc(OC(C)C)n2)c1. The van der Waals surface area contributed by atoms with Gasteiger partial charge in [0, 0.05) is 6.54 Å². The van der Waals surface area contributed by atoms with Crippen molar-refractivity contribution in [3.8, 4) is 6.01 Å². The number of nitrogens with two attached hydrogens (primary N) is 1. The number of nitrogen functional groups attached to an aromatic ring is 1. The molecule has 0 aliphatic heterocycles. The average Bonchev–Trinajstić information content (AvgIpc) is 2.37. The molecule has 3 N–H and O–H groups in total. The van der Waals surface area contributed by atoms with E-state index in [0.717, 1.165) is 6.42 Å². The number of aryl methyl sites for hydroxylation is 1. The molecule has 1 aromatic heterocycles. The number of hydrogen-bond donors (Lipinski definition) is 2. The zero-order valence-corrected chi connectivity index (χ0v) is 12.6. The summed E-state index contributed by atoms with van der Waals surface area (Å²) in [6, 6.07) is 8.65. The lowest BCUT2D eigenvalue weighted by Gasteiger charge is -2.10. The molecule has 1 aromatic carbocycles. The van der Waals surface area contributed by atoms with Crippen LogP contribution in [0, 0.1) is 6.92 Å². The molecule has 0 saturated carbocycles. The molecule has 6 nitrogen and oxygen atoms in total. The molecule has 0 spiro atoms. The lowest BCUT2D eigenvalue weighted by Crippen LogP contribution is -2.14. The molecule has 1 heterocycles. The van der Waals surface area contributed by atoms with E-state index in [-0.39, 0.29) is 18.1 Å². The van der Waals surface area contributed by atoms with Gasteiger partial charge in [-0.1, -0.05) is 29.8 Å². The van der Waals surface area contributed by atoms with Crippen LogP contribution in [0.25, 0.3) is 0 Å². The Bertz CT molecular complexity index is 600. The zero-order valence-electron chi connectivity index (χ0n) is 12.6. The van der Waals surface area contributed by atoms with Gasteiger partial charge in [-0.05, 0) is 32.8 Å². The van der Waals surface area contributed by atoms with Gasteiger partial charge in [0.1, 0.15) is 0 Å². The van der Waals surface area contributed by atoms with Gasteiger partial charge in [0.25, 0.3) is 0 Å². The molecule has 0 aliphatic carbocycles. The Kier molecular flexibility index (Phi) is 4.92. The summed E-state index contributed by atoms with van der Waals surface area (Å²) in [6.45, 7) is 6.61. The van der Waals surface area contributed by atoms with Gasteiger partial charge in [-0.25, -0.2) is 0 Å². The van der Waals surface area contributed by atoms with E-state index in [2.05, 4.69) is 51.5 Å². The molecule has 0 amide bonds. The molecular weight excluding hydrogens is 266 g/mol. The van der Waals surface area contributed by atoms with Crippen molar-refractivity contribution in [3.05, 3.63) is 35.4 Å². The van der Waals surface area contributed by atoms with Gasteiger partial charge in [0.2, 0.25) is 11.9 Å². The summed E-state index contributed by atoms with van der Waals surface area (Å²) in [5.41, 5.74) is 8.18. The second-order valence-corrected chi connectivity index (χ2v) is 5.13. The number of ether oxygens (including phenoxy) is 1. The van der Waals surface area contributed by atoms with E-state index in [4.69, 9.17) is 10.5 Å². The van der Waals surface area contributed by atoms with Crippen LogP contribution in [-0.4, -0.2) is 27.6 Å². The van der Waals surface area contributed by atoms with Gasteiger partial charge in [-0.15, -0.1) is 0 Å². The minimum absolute atomic E-state index is 0.00746. The van der Waals surface area contributed by atoms with Gasteiger partial charge in [0.15, 0.2) is 0 Å². The highest BCUT2D eigenvalue weighted by molar-refractivity contribution is 5.33. The summed E-state index contributed by atoms with van der Waals surface area (Å²) in [5.74, 6) is 0.588. The molecule has 0 aliphatic rings. The Morgan fingerprint density at radius 3 is 2.76 bits per heavy atom. The summed E-state index contributed by atoms with van der Waals surface area (Å²) < 4.78 is 5.43. The quantitative estimate of drug-likeness (QED) is 0.847. The Morgan fingerprint density at radius 2 is 2.05 bits per heavy atom. The van der Waals surface area contributed by atoms with Crippen molar-refractivity contribution < 1.29 is 4.74 Å². The molecular formula is C15H21N5O. The summed E-state index contributed by atoms with van der Waals surface area (Å²) in [7, 11) is 0. The maximum absolute atomic E-state index is 5.66. The Balaban J connectivity index is 1.95. The van der Waals surface area contributed by atoms with Crippen molar-refractivity contribution in [2.75, 3.05) is 17.6 Å². The highest BCUT2D eigenvalue weighted by Gasteiger charge is 2.06. The first-order valence-corrected chi connectivity index (χ1v) is 7.00. The highest BCUT2D eigenvalue weighted by atomic mass is 16.5. The number of benzene rings is 1. The van der Waals surface area contributed by atoms with Crippen LogP contribution in [0.2, 0.25) is 0 Å². The van der Waals surface area contributed by atoms with Crippen molar-refractivity contribution in [2.45, 2.75) is 33.3 Å². The maximum Gasteiger partial charge on any atom is 0.323 e. The van der Waals surface area contributed by atoms with Crippen LogP contribution < -0.4 is 15.8 Å². The predicted octanol–water partition coefficient (Wildman–Crippen LogP) is 2.20. The molecule has 0 unspecified atom stereocenters. The Hall–Kier alpha value is -2.37. The van der Waals surface area contributed by atoms with Crippen LogP contribution in [0.15, 0.2) is 24.3 Å². The van der Waals surface area contributed by atoms with E-state index < -0.39 is 0 Å². The van der Waals surface area contributed by atoms with Gasteiger partial charge in [-0.2, -0.15) is 15.0 Å². The van der Waals surface area contributed by atoms with Gasteiger partial charge in [0.05, 0.1) is 6.10 Å². The predicted molar refractivity (Wildman–Crippen MR) is 83.4 cm³/mol. The van der Waals surface area contributed by atoms with Gasteiger partial charge >= 0.3 is 6.01 Å². The molecule has 0 saturated heterocycles. The van der Waals surface area contributed by atoms with Crippen molar-refractivity contribution in [3.63, 3.8) is 0 Å². The average molecular weight is 287 g/mol. The summed E-state index contributed by atoms with van der Waals surface area (Å²) in [6.07, 6.45) is 0.875. The molecule has 0 radical (unpaired) electrons. The molecule has 21 heavy (non-hydrogen) atoms. The van der Waals surface area contributed by atoms with Crippen LogP contribution in [0.4, 0.5) is 11.9 Å². The Labute approximate surface area is 124 Å². The summed E-state index contributed by atoms with van der Waals surface area (Å²) in [5, 5.41) is 3.14. The second-order valence-electron chi connectivity index (χ2n) is 5.13. The second kappa shape index (κ2) is 6.88. The molecule has 6 heteroatoms. The Morgan fingerprint density at radius 1 is 1.24 bits per heavy atom. The smallest absolute Gasteiger partial charge is 0.323 e. The molecule has 0 fully saturated rings. The number of hydrogen-bond acceptors (Lipinski definition) is 6. The normalized spacial score (nSPS) is 10.7. The van der Waals surface area contributed by atoms with Crippen molar-refractivity contribution in [1.29, 1.82) is 0 Å². The van der Waals surface area contributed by atoms with E-state index in [9.17, 15) is 0 Å². The molecule has 0 bridgehead atoms. The first-order valence-electron chi connectivity index (χ1n) is 7.00. The van der Waals surface area contributed by atoms with E-state index in [1.807, 2.05) is 13.8 Å². The fraction of sp³-hybridized carbons (Fsp3) is 0.400. The number of nitrogens with one attached hydrogen (secondary N) is 1. The summed E-state index contributed by atoms with van der Waals surface area (Å²) >= 11 is 0. The number of nitrogens with zero attached hydrogens (tertiary/aromatic N) is 3. The van der Waals surface area contributed by atoms with E-state index in [1.165, 1.54) is 11.1 Å². The monoisotopic (exact) mass is 287 g/mol. The highest BCUT2D eigenvalue weighted by Crippen LogP contribution is 2.11. The van der Waals surface area contributed by atoms with E-state index >= 15 is 0 Å². The first kappa shape index (κ1) is 15.0. The van der Waals surface area contributed by atoms with Gasteiger partial charge in [-0.3, -0.25) is 0 Å². The third kappa shape index (κ3) is 4.91. The van der Waals surface area contributed by atoms with Crippen LogP contribution in [0.3, 0.4) is 0 Å². The molecule has 2 rings (SSSR count). The third-order valence-electron chi connectivity index (χ3n) is 2.75. The van der Waals surface area contributed by atoms with Crippen molar-refractivity contribution in [1.82, 2.24) is 15.0 Å². The molecule has 112 valence electrons. The van der Waals surface area contributed by atoms with E-state index in [0.29, 0.717) is 12.5 Å². The largest absolute Gasteiger partial charge is 0.461 e. The minimum Gasteiger partial charge on any atom is -0.461 e. The lowest BCUT2D eigenvalue weighted by molar-refractivity contribution is 0.222. The van der Waals surface area contributed by atoms with E-state index in [1.54, 1.807) is 0 Å². The van der Waals surface area contributed by atoms with Crippen LogP contribution >= 0.6 is 0 Å². The fourth-order valence-electron chi connectivity index (χ4n) is 1.90. The number of anilines is 2. The number of aromatic nitrogens is 3. The van der Waals surface area contributed by atoms with Crippen LogP contribution in [0.5, 0.6) is 6.01 Å². The lowest BCUT2D eigenvalue weighted by atomic mass is 10.1. The summed E-state index contributed by atoms with van der Waals surface area (Å²) in [4.78, 5) is 12.2.